The molecule has 0 atom stereocenters. The van der Waals surface area contributed by atoms with Gasteiger partial charge in [-0.15, -0.1) is 13.2 Å². The van der Waals surface area contributed by atoms with Crippen LogP contribution in [0.3, 0.4) is 0 Å². The molecule has 2 N–H and O–H groups in total. The first kappa shape index (κ1) is 46.3. The number of carbonyl (C=O) groups is 1. The smallest absolute Gasteiger partial charge is 0.457 e. The zero-order valence-corrected chi connectivity index (χ0v) is 36.7. The molecule has 0 spiro atoms. The van der Waals surface area contributed by atoms with Crippen molar-refractivity contribution in [1.29, 1.82) is 0 Å². The summed E-state index contributed by atoms with van der Waals surface area (Å²) in [6.07, 6.45) is -3.16. The van der Waals surface area contributed by atoms with Gasteiger partial charge in [-0.3, -0.25) is 9.20 Å². The van der Waals surface area contributed by atoms with Gasteiger partial charge in [-0.25, -0.2) is 9.97 Å². The van der Waals surface area contributed by atoms with Gasteiger partial charge in [0.05, 0.1) is 16.3 Å². The molecule has 9 rings (SSSR count). The molecule has 1 fully saturated rings. The fourth-order valence-corrected chi connectivity index (χ4v) is 8.03. The number of ether oxygens (including phenoxy) is 2. The highest BCUT2D eigenvalue weighted by atomic mass is 35.5. The van der Waals surface area contributed by atoms with Crippen LogP contribution in [0.2, 0.25) is 5.02 Å². The molecule has 1 aliphatic rings. The minimum atomic E-state index is -4.68. The zero-order chi connectivity index (χ0) is 47.1. The van der Waals surface area contributed by atoms with Crippen LogP contribution < -0.4 is 25.0 Å². The Morgan fingerprint density at radius 3 is 2.09 bits per heavy atom. The average Bonchev–Trinajstić information content (AvgIpc) is 3.69. The van der Waals surface area contributed by atoms with E-state index in [0.29, 0.717) is 40.8 Å². The third-order valence-electron chi connectivity index (χ3n) is 11.2. The maximum Gasteiger partial charge on any atom is 0.573 e. The molecular formula is C51H43ClF6N6O3. The number of anilines is 3. The molecular weight excluding hydrogens is 894 g/mol. The van der Waals surface area contributed by atoms with Crippen molar-refractivity contribution in [3.63, 3.8) is 0 Å². The number of piperidine rings is 1. The Bertz CT molecular complexity index is 2930. The number of carbonyl (C=O) groups excluding carboxylic acids is 1. The molecule has 67 heavy (non-hydrogen) atoms. The van der Waals surface area contributed by atoms with Gasteiger partial charge >= 0.3 is 12.5 Å². The quantitative estimate of drug-likeness (QED) is 0.125. The van der Waals surface area contributed by atoms with E-state index >= 15 is 0 Å². The van der Waals surface area contributed by atoms with Gasteiger partial charge in [-0.1, -0.05) is 67.1 Å². The van der Waals surface area contributed by atoms with E-state index < -0.39 is 18.1 Å². The van der Waals surface area contributed by atoms with Crippen molar-refractivity contribution in [3.8, 4) is 17.2 Å². The summed E-state index contributed by atoms with van der Waals surface area (Å²) in [4.78, 5) is 24.3. The van der Waals surface area contributed by atoms with Crippen molar-refractivity contribution in [2.45, 2.75) is 51.2 Å². The van der Waals surface area contributed by atoms with Crippen molar-refractivity contribution in [2.75, 3.05) is 23.3 Å². The Hall–Kier alpha value is -7.26. The standard InChI is InChI=1S/C29H28ClF3N4O2.C22H15F3N2O/c1-2-25-27(37-18-22(30)7-12-26(37)35-25)28(38)34-17-19-3-8-23(9-4-19)36-15-13-21(14-16-36)20-5-10-24(11-6-20)39-29(31,32)33;23-22(24,25)16-5-9-18(10-6-16)28-19-11-7-17(8-12-19)27-21-20-4-2-1-3-15(20)13-14-26-21/h3-12,18,21H,2,13-17H2,1H3,(H,34,38);1-14H,(H,26,27). The van der Waals surface area contributed by atoms with Crippen LogP contribution in [-0.4, -0.2) is 39.7 Å². The number of nitrogens with zero attached hydrogens (tertiary/aromatic N) is 4. The predicted octanol–water partition coefficient (Wildman–Crippen LogP) is 13.6. The third-order valence-corrected chi connectivity index (χ3v) is 11.5. The molecule has 9 nitrogen and oxygen atoms in total. The number of halogens is 7. The second-order valence-corrected chi connectivity index (χ2v) is 16.2. The summed E-state index contributed by atoms with van der Waals surface area (Å²) in [5.41, 5.74) is 5.12. The van der Waals surface area contributed by atoms with Crippen molar-refractivity contribution >= 4 is 51.1 Å². The van der Waals surface area contributed by atoms with Crippen LogP contribution in [0, 0.1) is 0 Å². The lowest BCUT2D eigenvalue weighted by molar-refractivity contribution is -0.274. The first-order chi connectivity index (χ1) is 32.2. The molecule has 0 bridgehead atoms. The number of imidazole rings is 1. The first-order valence-corrected chi connectivity index (χ1v) is 21.8. The number of nitrogens with one attached hydrogen (secondary N) is 2. The van der Waals surface area contributed by atoms with Crippen LogP contribution in [-0.2, 0) is 19.1 Å². The van der Waals surface area contributed by atoms with Gasteiger partial charge in [0.2, 0.25) is 0 Å². The Morgan fingerprint density at radius 1 is 0.776 bits per heavy atom. The Labute approximate surface area is 387 Å². The Morgan fingerprint density at radius 2 is 1.43 bits per heavy atom. The topological polar surface area (TPSA) is 93.0 Å². The number of fused-ring (bicyclic) bond motifs is 2. The van der Waals surface area contributed by atoms with Gasteiger partial charge < -0.3 is 25.0 Å². The molecule has 4 heterocycles. The number of pyridine rings is 2. The zero-order valence-electron chi connectivity index (χ0n) is 35.9. The summed E-state index contributed by atoms with van der Waals surface area (Å²) in [6.45, 7) is 4.04. The summed E-state index contributed by atoms with van der Waals surface area (Å²) < 4.78 is 86.4. The van der Waals surface area contributed by atoms with Gasteiger partial charge in [0.25, 0.3) is 5.91 Å². The normalized spacial score (nSPS) is 13.2. The molecule has 3 aromatic heterocycles. The number of benzene rings is 5. The molecule has 8 aromatic rings. The summed E-state index contributed by atoms with van der Waals surface area (Å²) in [5, 5.41) is 8.90. The van der Waals surface area contributed by atoms with Crippen LogP contribution in [0.5, 0.6) is 17.2 Å². The number of alkyl halides is 6. The molecule has 5 aromatic carbocycles. The van der Waals surface area contributed by atoms with Gasteiger partial charge in [-0.2, -0.15) is 13.2 Å². The number of hydrogen-bond acceptors (Lipinski definition) is 7. The fourth-order valence-electron chi connectivity index (χ4n) is 7.87. The summed E-state index contributed by atoms with van der Waals surface area (Å²) >= 11 is 6.14. The molecule has 16 heteroatoms. The largest absolute Gasteiger partial charge is 0.573 e. The van der Waals surface area contributed by atoms with E-state index in [4.69, 9.17) is 16.3 Å². The highest BCUT2D eigenvalue weighted by Crippen LogP contribution is 2.34. The first-order valence-electron chi connectivity index (χ1n) is 21.4. The highest BCUT2D eigenvalue weighted by molar-refractivity contribution is 6.30. The van der Waals surface area contributed by atoms with Crippen LogP contribution >= 0.6 is 11.6 Å². The molecule has 1 amide bonds. The number of rotatable bonds is 11. The van der Waals surface area contributed by atoms with Gasteiger partial charge in [0.1, 0.15) is 34.4 Å². The molecule has 0 saturated carbocycles. The minimum absolute atomic E-state index is 0.200. The SMILES string of the molecule is CCc1nc2ccc(Cl)cn2c1C(=O)NCc1ccc(N2CCC(c3ccc(OC(F)(F)F)cc3)CC2)cc1.FC(F)(F)c1ccc(Oc2ccc(Nc3nccc4ccccc34)cc2)cc1. The van der Waals surface area contributed by atoms with E-state index in [0.717, 1.165) is 82.8 Å². The second kappa shape index (κ2) is 20.1. The maximum absolute atomic E-state index is 13.0. The van der Waals surface area contributed by atoms with Crippen LogP contribution in [0.25, 0.3) is 16.4 Å². The third kappa shape index (κ3) is 11.8. The van der Waals surface area contributed by atoms with E-state index in [1.54, 1.807) is 53.2 Å². The lowest BCUT2D eigenvalue weighted by Crippen LogP contribution is -2.32. The number of aryl methyl sites for hydroxylation is 1. The molecule has 0 radical (unpaired) electrons. The fraction of sp³-hybridized carbons (Fsp3) is 0.196. The van der Waals surface area contributed by atoms with Gasteiger partial charge in [0.15, 0.2) is 0 Å². The van der Waals surface area contributed by atoms with Crippen LogP contribution in [0.4, 0.5) is 43.5 Å². The number of aromatic nitrogens is 3. The summed E-state index contributed by atoms with van der Waals surface area (Å²) in [6, 6.07) is 39.5. The van der Waals surface area contributed by atoms with Gasteiger partial charge in [0, 0.05) is 48.8 Å². The Kier molecular flexibility index (Phi) is 13.9. The van der Waals surface area contributed by atoms with Crippen molar-refractivity contribution in [1.82, 2.24) is 19.7 Å². The molecule has 0 unspecified atom stereocenters. The van der Waals surface area contributed by atoms with Crippen molar-refractivity contribution in [2.24, 2.45) is 0 Å². The number of amides is 1. The van der Waals surface area contributed by atoms with Crippen LogP contribution in [0.1, 0.15) is 58.6 Å². The lowest BCUT2D eigenvalue weighted by Gasteiger charge is -2.34. The number of hydrogen-bond donors (Lipinski definition) is 2. The summed E-state index contributed by atoms with van der Waals surface area (Å²) in [7, 11) is 0. The lowest BCUT2D eigenvalue weighted by atomic mass is 9.89. The Balaban J connectivity index is 0.000000192. The monoisotopic (exact) mass is 936 g/mol. The maximum atomic E-state index is 13.0. The molecule has 1 saturated heterocycles. The average molecular weight is 937 g/mol. The molecule has 0 aliphatic carbocycles. The van der Waals surface area contributed by atoms with Crippen molar-refractivity contribution in [3.05, 3.63) is 185 Å². The highest BCUT2D eigenvalue weighted by Gasteiger charge is 2.32. The molecule has 1 aliphatic heterocycles. The van der Waals surface area contributed by atoms with Crippen LogP contribution in [0.15, 0.2) is 152 Å². The predicted molar refractivity (Wildman–Crippen MR) is 247 cm³/mol. The van der Waals surface area contributed by atoms with E-state index in [1.165, 1.54) is 24.3 Å². The summed E-state index contributed by atoms with van der Waals surface area (Å²) in [5.74, 6) is 1.49. The van der Waals surface area contributed by atoms with Crippen molar-refractivity contribution < 1.29 is 40.6 Å². The van der Waals surface area contributed by atoms with E-state index in [9.17, 15) is 31.1 Å². The van der Waals surface area contributed by atoms with Gasteiger partial charge in [-0.05, 0) is 133 Å². The van der Waals surface area contributed by atoms with E-state index in [-0.39, 0.29) is 17.6 Å². The second-order valence-electron chi connectivity index (χ2n) is 15.7. The molecule has 344 valence electrons. The van der Waals surface area contributed by atoms with E-state index in [2.05, 4.69) is 42.4 Å². The minimum Gasteiger partial charge on any atom is -0.457 e. The van der Waals surface area contributed by atoms with E-state index in [1.807, 2.05) is 61.5 Å².